The number of aromatic nitrogens is 5. The molecule has 76 heavy (non-hydrogen) atoms. The molecule has 0 aliphatic heterocycles. The topological polar surface area (TPSA) is 69.6 Å². The van der Waals surface area contributed by atoms with Gasteiger partial charge in [-0.15, -0.1) is 18.2 Å². The van der Waals surface area contributed by atoms with Crippen molar-refractivity contribution in [2.24, 2.45) is 5.92 Å². The maximum atomic E-state index is 6.81. The Morgan fingerprint density at radius 2 is 1.37 bits per heavy atom. The zero-order valence-electron chi connectivity index (χ0n) is 45.9. The number of fused-ring (bicyclic) bond motifs is 4. The third-order valence-corrected chi connectivity index (χ3v) is 20.5. The van der Waals surface area contributed by atoms with E-state index in [1.807, 2.05) is 13.0 Å². The summed E-state index contributed by atoms with van der Waals surface area (Å²) in [7, 11) is 0. The molecule has 0 amide bonds. The summed E-state index contributed by atoms with van der Waals surface area (Å²) in [5, 5.41) is 2.03. The van der Waals surface area contributed by atoms with Gasteiger partial charge in [0.15, 0.2) is 0 Å². The van der Waals surface area contributed by atoms with Gasteiger partial charge in [0.05, 0.1) is 33.8 Å². The van der Waals surface area contributed by atoms with Gasteiger partial charge in [-0.05, 0) is 85.0 Å². The van der Waals surface area contributed by atoms with Crippen LogP contribution in [0.3, 0.4) is 0 Å². The summed E-state index contributed by atoms with van der Waals surface area (Å²) < 4.78 is 10.6. The van der Waals surface area contributed by atoms with E-state index in [0.29, 0.717) is 17.5 Å². The SMILES string of the molecule is Cc1cc2nc(-c3[c-]ccc4c3oc3nc(C(C)C5CCCC5)ccc34)n(-c3c(-c4ccccc4)cc(C(C)(C)C)cc3-c3ccccc3)c2c(C)n1.[CH3][Ge]([CH3])([CH3])[c]1ccc(-c2[c-]cc(C3CCCCC3)cc2)nc1.[Ir]. The first-order valence-corrected chi connectivity index (χ1v) is 34.9. The standard InChI is InChI=1S/C48H45N4O.C20H26GeN.Ir/c1-29-26-42-43(31(3)49-29)52(44-39(33-18-9-7-10-19-33)27-35(48(4,5)6)28-40(44)34-20-11-8-12-21-34)46(50-42)38-23-15-22-36-37-24-25-41(51-47(37)53-45(36)38)30(2)32-16-13-14-17-32;1-21(2,3)19-13-14-20(22-15-19)18-11-9-17(10-12-18)16-7-5-4-6-8-16;/h7-12,15,18-22,24-28,30,32H,13-14,16-17H2,1-6H3;9-11,13-16H,4-8H2,1-3H3;/q2*-1;. The molecular weight excluding hydrogens is 1170 g/mol. The Balaban J connectivity index is 0.000000239. The van der Waals surface area contributed by atoms with Crippen LogP contribution < -0.4 is 4.40 Å². The zero-order chi connectivity index (χ0) is 52.0. The van der Waals surface area contributed by atoms with Gasteiger partial charge in [-0.1, -0.05) is 112 Å². The molecule has 10 aromatic rings. The number of imidazole rings is 1. The first-order valence-electron chi connectivity index (χ1n) is 27.6. The average Bonchev–Trinajstić information content (AvgIpc) is 4.22. The predicted molar refractivity (Wildman–Crippen MR) is 315 cm³/mol. The van der Waals surface area contributed by atoms with Crippen LogP contribution in [0.5, 0.6) is 0 Å². The van der Waals surface area contributed by atoms with Gasteiger partial charge in [0, 0.05) is 53.9 Å². The number of pyridine rings is 3. The van der Waals surface area contributed by atoms with Crippen molar-refractivity contribution in [1.29, 1.82) is 0 Å². The van der Waals surface area contributed by atoms with Crippen LogP contribution in [-0.4, -0.2) is 37.8 Å². The minimum atomic E-state index is -1.76. The summed E-state index contributed by atoms with van der Waals surface area (Å²) in [5.41, 5.74) is 17.4. The Kier molecular flexibility index (Phi) is 15.6. The molecule has 0 spiro atoms. The van der Waals surface area contributed by atoms with Gasteiger partial charge in [-0.3, -0.25) is 9.97 Å². The van der Waals surface area contributed by atoms with Gasteiger partial charge in [-0.25, -0.2) is 4.98 Å². The molecule has 2 aliphatic carbocycles. The maximum absolute atomic E-state index is 6.81. The number of rotatable bonds is 9. The van der Waals surface area contributed by atoms with Crippen LogP contribution in [-0.2, 0) is 25.5 Å². The minimum Gasteiger partial charge on any atom is 0 e. The molecule has 0 saturated heterocycles. The van der Waals surface area contributed by atoms with E-state index in [4.69, 9.17) is 19.4 Å². The molecule has 2 saturated carbocycles. The molecule has 0 N–H and O–H groups in total. The zero-order valence-corrected chi connectivity index (χ0v) is 50.3. The number of furan rings is 1. The molecule has 1 unspecified atom stereocenters. The normalized spacial score (nSPS) is 15.0. The van der Waals surface area contributed by atoms with Crippen molar-refractivity contribution < 1.29 is 24.5 Å². The fourth-order valence-electron chi connectivity index (χ4n) is 11.8. The van der Waals surface area contributed by atoms with Gasteiger partial charge >= 0.3 is 137 Å². The molecular formula is C68H71GeIrN5O-2. The van der Waals surface area contributed by atoms with E-state index in [9.17, 15) is 0 Å². The van der Waals surface area contributed by atoms with Crippen LogP contribution in [0.1, 0.15) is 126 Å². The average molecular weight is 1240 g/mol. The Morgan fingerprint density at radius 3 is 1.97 bits per heavy atom. The number of aryl methyl sites for hydroxylation is 2. The maximum Gasteiger partial charge on any atom is 0 e. The Morgan fingerprint density at radius 1 is 0.697 bits per heavy atom. The van der Waals surface area contributed by atoms with Crippen LogP contribution in [0, 0.1) is 31.9 Å². The molecule has 5 aromatic carbocycles. The Bertz CT molecular complexity index is 3570. The van der Waals surface area contributed by atoms with Gasteiger partial charge in [-0.2, -0.15) is 0 Å². The van der Waals surface area contributed by atoms with Gasteiger partial charge < -0.3 is 8.98 Å². The van der Waals surface area contributed by atoms with Crippen molar-refractivity contribution in [2.75, 3.05) is 0 Å². The van der Waals surface area contributed by atoms with Crippen LogP contribution in [0.25, 0.3) is 83.7 Å². The smallest absolute Gasteiger partial charge is 0 e. The first kappa shape index (κ1) is 53.4. The van der Waals surface area contributed by atoms with Crippen molar-refractivity contribution in [3.05, 3.63) is 180 Å². The van der Waals surface area contributed by atoms with Crippen molar-refractivity contribution in [2.45, 2.75) is 134 Å². The predicted octanol–water partition coefficient (Wildman–Crippen LogP) is 17.9. The molecule has 389 valence electrons. The van der Waals surface area contributed by atoms with E-state index in [1.54, 1.807) is 0 Å². The molecule has 5 aromatic heterocycles. The third-order valence-electron chi connectivity index (χ3n) is 16.2. The molecule has 2 aliphatic rings. The number of hydrogen-bond acceptors (Lipinski definition) is 5. The number of nitrogens with zero attached hydrogens (tertiary/aromatic N) is 5. The molecule has 6 nitrogen and oxygen atoms in total. The molecule has 12 rings (SSSR count). The Labute approximate surface area is 467 Å². The van der Waals surface area contributed by atoms with Crippen LogP contribution in [0.15, 0.2) is 144 Å². The summed E-state index contributed by atoms with van der Waals surface area (Å²) in [4.78, 5) is 20.3. The molecule has 2 fully saturated rings. The van der Waals surface area contributed by atoms with Gasteiger partial charge in [0.25, 0.3) is 0 Å². The summed E-state index contributed by atoms with van der Waals surface area (Å²) in [5.74, 6) is 9.80. The van der Waals surface area contributed by atoms with E-state index >= 15 is 0 Å². The molecule has 1 atom stereocenters. The van der Waals surface area contributed by atoms with E-state index in [0.717, 1.165) is 101 Å². The van der Waals surface area contributed by atoms with Crippen molar-refractivity contribution in [3.8, 4) is 50.6 Å². The summed E-state index contributed by atoms with van der Waals surface area (Å²) in [6.45, 7) is 13.3. The largest absolute Gasteiger partial charge is 0 e. The van der Waals surface area contributed by atoms with Crippen LogP contribution >= 0.6 is 0 Å². The molecule has 8 heteroatoms. The summed E-state index contributed by atoms with van der Waals surface area (Å²) in [6, 6.07) is 55.0. The molecule has 0 bridgehead atoms. The van der Waals surface area contributed by atoms with Gasteiger partial charge in [0.1, 0.15) is 0 Å². The van der Waals surface area contributed by atoms with E-state index in [2.05, 4.69) is 207 Å². The van der Waals surface area contributed by atoms with Crippen molar-refractivity contribution >= 4 is 50.8 Å². The second kappa shape index (κ2) is 22.2. The second-order valence-electron chi connectivity index (χ2n) is 23.6. The second-order valence-corrected chi connectivity index (χ2v) is 34.2. The Hall–Kier alpha value is -5.99. The minimum absolute atomic E-state index is 0. The molecule has 5 heterocycles. The first-order chi connectivity index (χ1) is 36.2. The van der Waals surface area contributed by atoms with Crippen molar-refractivity contribution in [1.82, 2.24) is 24.5 Å². The van der Waals surface area contributed by atoms with E-state index < -0.39 is 13.3 Å². The number of hydrogen-bond donors (Lipinski definition) is 0. The van der Waals surface area contributed by atoms with Crippen LogP contribution in [0.2, 0.25) is 17.3 Å². The van der Waals surface area contributed by atoms with E-state index in [-0.39, 0.29) is 25.5 Å². The number of benzene rings is 5. The fourth-order valence-corrected chi connectivity index (χ4v) is 14.0. The van der Waals surface area contributed by atoms with E-state index in [1.165, 1.54) is 73.3 Å². The summed E-state index contributed by atoms with van der Waals surface area (Å²) >= 11 is -1.76. The molecule has 1 radical (unpaired) electrons. The third kappa shape index (κ3) is 10.8. The van der Waals surface area contributed by atoms with Gasteiger partial charge in [0.2, 0.25) is 5.71 Å². The van der Waals surface area contributed by atoms with Crippen molar-refractivity contribution in [3.63, 3.8) is 0 Å². The summed E-state index contributed by atoms with van der Waals surface area (Å²) in [6.07, 6.45) is 14.1. The quantitative estimate of drug-likeness (QED) is 0.106. The monoisotopic (exact) mass is 1240 g/mol. The van der Waals surface area contributed by atoms with Crippen LogP contribution in [0.4, 0.5) is 0 Å². The fraction of sp³-hybridized carbons (Fsp3) is 0.324.